The summed E-state index contributed by atoms with van der Waals surface area (Å²) in [6.45, 7) is 1.43. The van der Waals surface area contributed by atoms with Crippen LogP contribution in [-0.4, -0.2) is 33.4 Å². The summed E-state index contributed by atoms with van der Waals surface area (Å²) in [7, 11) is 0. The fourth-order valence-electron chi connectivity index (χ4n) is 2.02. The molecule has 0 radical (unpaired) electrons. The van der Waals surface area contributed by atoms with Crippen molar-refractivity contribution in [2.45, 2.75) is 12.5 Å². The summed E-state index contributed by atoms with van der Waals surface area (Å²) in [6, 6.07) is 7.79. The molecule has 3 rings (SSSR count). The van der Waals surface area contributed by atoms with Gasteiger partial charge in [-0.2, -0.15) is 0 Å². The fourth-order valence-corrected chi connectivity index (χ4v) is 2.02. The lowest BCUT2D eigenvalue weighted by Crippen LogP contribution is -2.12. The number of tetrazole rings is 1. The summed E-state index contributed by atoms with van der Waals surface area (Å²) in [5, 5.41) is 11.8. The Morgan fingerprint density at radius 1 is 1.41 bits per heavy atom. The van der Waals surface area contributed by atoms with E-state index in [0.29, 0.717) is 12.3 Å². The highest BCUT2D eigenvalue weighted by atomic mass is 16.5. The second kappa shape index (κ2) is 4.14. The maximum Gasteiger partial charge on any atom is 0.182 e. The van der Waals surface area contributed by atoms with Crippen LogP contribution in [0.4, 0.5) is 5.69 Å². The third kappa shape index (κ3) is 1.87. The Kier molecular flexibility index (Phi) is 2.49. The van der Waals surface area contributed by atoms with Crippen LogP contribution in [-0.2, 0) is 4.74 Å². The standard InChI is InChI=1S/C11H13N5O/c12-9-3-1-2-8(6-9)11-13-14-15-16(11)10-4-5-17-7-10/h1-3,6,10H,4-5,7,12H2. The number of hydrogen-bond acceptors (Lipinski definition) is 5. The number of nitrogen functional groups attached to an aromatic ring is 1. The van der Waals surface area contributed by atoms with Crippen LogP contribution in [0, 0.1) is 0 Å². The van der Waals surface area contributed by atoms with Gasteiger partial charge in [-0.15, -0.1) is 5.10 Å². The molecule has 6 nitrogen and oxygen atoms in total. The minimum atomic E-state index is 0.224. The van der Waals surface area contributed by atoms with E-state index in [4.69, 9.17) is 10.5 Å². The van der Waals surface area contributed by atoms with Crippen LogP contribution < -0.4 is 5.73 Å². The molecule has 2 aromatic rings. The molecule has 17 heavy (non-hydrogen) atoms. The van der Waals surface area contributed by atoms with Crippen molar-refractivity contribution in [2.24, 2.45) is 0 Å². The van der Waals surface area contributed by atoms with Crippen LogP contribution in [0.15, 0.2) is 24.3 Å². The molecule has 0 amide bonds. The zero-order chi connectivity index (χ0) is 11.7. The number of nitrogens with zero attached hydrogens (tertiary/aromatic N) is 4. The van der Waals surface area contributed by atoms with Crippen molar-refractivity contribution < 1.29 is 4.74 Å². The summed E-state index contributed by atoms with van der Waals surface area (Å²) in [5.74, 6) is 0.743. The first-order valence-corrected chi connectivity index (χ1v) is 5.56. The molecule has 1 aromatic carbocycles. The van der Waals surface area contributed by atoms with Gasteiger partial charge >= 0.3 is 0 Å². The molecule has 1 unspecified atom stereocenters. The normalized spacial score (nSPS) is 19.6. The highest BCUT2D eigenvalue weighted by Gasteiger charge is 2.22. The molecular weight excluding hydrogens is 218 g/mol. The zero-order valence-electron chi connectivity index (χ0n) is 9.28. The number of anilines is 1. The van der Waals surface area contributed by atoms with Crippen LogP contribution in [0.2, 0.25) is 0 Å². The Labute approximate surface area is 98.4 Å². The lowest BCUT2D eigenvalue weighted by molar-refractivity contribution is 0.184. The van der Waals surface area contributed by atoms with Gasteiger partial charge in [0.15, 0.2) is 5.82 Å². The van der Waals surface area contributed by atoms with Crippen LogP contribution in [0.25, 0.3) is 11.4 Å². The van der Waals surface area contributed by atoms with E-state index in [1.54, 1.807) is 0 Å². The summed E-state index contributed by atoms with van der Waals surface area (Å²) < 4.78 is 7.18. The van der Waals surface area contributed by atoms with E-state index in [0.717, 1.165) is 24.4 Å². The molecule has 88 valence electrons. The Morgan fingerprint density at radius 2 is 2.35 bits per heavy atom. The van der Waals surface area contributed by atoms with Gasteiger partial charge in [0, 0.05) is 17.9 Å². The molecule has 0 saturated carbocycles. The van der Waals surface area contributed by atoms with E-state index in [-0.39, 0.29) is 6.04 Å². The van der Waals surface area contributed by atoms with E-state index in [2.05, 4.69) is 15.5 Å². The summed E-state index contributed by atoms with van der Waals surface area (Å²) in [6.07, 6.45) is 0.945. The van der Waals surface area contributed by atoms with Gasteiger partial charge in [-0.05, 0) is 29.0 Å². The van der Waals surface area contributed by atoms with Crippen molar-refractivity contribution in [1.82, 2.24) is 20.2 Å². The molecule has 0 spiro atoms. The van der Waals surface area contributed by atoms with Crippen LogP contribution >= 0.6 is 0 Å². The molecule has 2 heterocycles. The zero-order valence-corrected chi connectivity index (χ0v) is 9.28. The lowest BCUT2D eigenvalue weighted by atomic mass is 10.2. The average Bonchev–Trinajstić information content (AvgIpc) is 3.00. The number of rotatable bonds is 2. The highest BCUT2D eigenvalue weighted by Crippen LogP contribution is 2.25. The minimum Gasteiger partial charge on any atom is -0.399 e. The van der Waals surface area contributed by atoms with Crippen molar-refractivity contribution in [2.75, 3.05) is 18.9 Å². The van der Waals surface area contributed by atoms with Crippen LogP contribution in [0.3, 0.4) is 0 Å². The van der Waals surface area contributed by atoms with Gasteiger partial charge in [-0.25, -0.2) is 4.68 Å². The van der Waals surface area contributed by atoms with E-state index < -0.39 is 0 Å². The lowest BCUT2D eigenvalue weighted by Gasteiger charge is -2.10. The molecule has 1 fully saturated rings. The fraction of sp³-hybridized carbons (Fsp3) is 0.364. The predicted octanol–water partition coefficient (Wildman–Crippen LogP) is 0.884. The monoisotopic (exact) mass is 231 g/mol. The molecule has 1 atom stereocenters. The molecule has 1 aliphatic heterocycles. The van der Waals surface area contributed by atoms with Crippen molar-refractivity contribution in [3.05, 3.63) is 24.3 Å². The number of nitrogens with two attached hydrogens (primary N) is 1. The maximum atomic E-state index is 5.77. The molecule has 1 aromatic heterocycles. The Balaban J connectivity index is 2.00. The second-order valence-electron chi connectivity index (χ2n) is 4.09. The van der Waals surface area contributed by atoms with Gasteiger partial charge < -0.3 is 10.5 Å². The predicted molar refractivity (Wildman–Crippen MR) is 62.1 cm³/mol. The van der Waals surface area contributed by atoms with Gasteiger partial charge in [0.1, 0.15) is 0 Å². The Hall–Kier alpha value is -1.95. The molecule has 0 bridgehead atoms. The molecule has 0 aliphatic carbocycles. The molecule has 6 heteroatoms. The molecular formula is C11H13N5O. The van der Waals surface area contributed by atoms with E-state index in [1.807, 2.05) is 28.9 Å². The maximum absolute atomic E-state index is 5.77. The number of benzene rings is 1. The quantitative estimate of drug-likeness (QED) is 0.776. The highest BCUT2D eigenvalue weighted by molar-refractivity contribution is 5.60. The molecule has 2 N–H and O–H groups in total. The van der Waals surface area contributed by atoms with Crippen LogP contribution in [0.5, 0.6) is 0 Å². The van der Waals surface area contributed by atoms with Crippen molar-refractivity contribution in [3.8, 4) is 11.4 Å². The summed E-state index contributed by atoms with van der Waals surface area (Å²) in [5.41, 5.74) is 7.41. The van der Waals surface area contributed by atoms with Gasteiger partial charge in [0.2, 0.25) is 0 Å². The van der Waals surface area contributed by atoms with Crippen molar-refractivity contribution >= 4 is 5.69 Å². The third-order valence-corrected chi connectivity index (χ3v) is 2.89. The van der Waals surface area contributed by atoms with Gasteiger partial charge in [-0.1, -0.05) is 12.1 Å². The third-order valence-electron chi connectivity index (χ3n) is 2.89. The smallest absolute Gasteiger partial charge is 0.182 e. The van der Waals surface area contributed by atoms with E-state index in [1.165, 1.54) is 0 Å². The topological polar surface area (TPSA) is 78.9 Å². The largest absolute Gasteiger partial charge is 0.399 e. The van der Waals surface area contributed by atoms with Gasteiger partial charge in [0.25, 0.3) is 0 Å². The molecule has 1 aliphatic rings. The Morgan fingerprint density at radius 3 is 3.12 bits per heavy atom. The summed E-state index contributed by atoms with van der Waals surface area (Å²) in [4.78, 5) is 0. The van der Waals surface area contributed by atoms with Crippen LogP contribution in [0.1, 0.15) is 12.5 Å². The molecule has 1 saturated heterocycles. The SMILES string of the molecule is Nc1cccc(-c2nnnn2C2CCOC2)c1. The average molecular weight is 231 g/mol. The first-order valence-electron chi connectivity index (χ1n) is 5.56. The first-order chi connectivity index (χ1) is 8.34. The van der Waals surface area contributed by atoms with Crippen molar-refractivity contribution in [1.29, 1.82) is 0 Å². The Bertz CT molecular complexity index is 518. The van der Waals surface area contributed by atoms with E-state index in [9.17, 15) is 0 Å². The number of ether oxygens (including phenoxy) is 1. The number of hydrogen-bond donors (Lipinski definition) is 1. The minimum absolute atomic E-state index is 0.224. The number of aromatic nitrogens is 4. The van der Waals surface area contributed by atoms with Crippen molar-refractivity contribution in [3.63, 3.8) is 0 Å². The van der Waals surface area contributed by atoms with Gasteiger partial charge in [0.05, 0.1) is 12.6 Å². The summed E-state index contributed by atoms with van der Waals surface area (Å²) >= 11 is 0. The second-order valence-corrected chi connectivity index (χ2v) is 4.09. The van der Waals surface area contributed by atoms with E-state index >= 15 is 0 Å². The van der Waals surface area contributed by atoms with Gasteiger partial charge in [-0.3, -0.25) is 0 Å². The first kappa shape index (κ1) is 10.2.